The zero-order valence-corrected chi connectivity index (χ0v) is 12.9. The second kappa shape index (κ2) is 6.30. The summed E-state index contributed by atoms with van der Waals surface area (Å²) in [5.41, 5.74) is 6.82. The van der Waals surface area contributed by atoms with Crippen LogP contribution >= 0.6 is 11.6 Å². The molecule has 0 spiro atoms. The van der Waals surface area contributed by atoms with E-state index in [1.807, 2.05) is 0 Å². The van der Waals surface area contributed by atoms with Gasteiger partial charge in [-0.2, -0.15) is 0 Å². The van der Waals surface area contributed by atoms with E-state index in [9.17, 15) is 8.42 Å². The van der Waals surface area contributed by atoms with Crippen LogP contribution in [0.5, 0.6) is 0 Å². The van der Waals surface area contributed by atoms with Gasteiger partial charge in [-0.25, -0.2) is 13.1 Å². The number of anilines is 1. The van der Waals surface area contributed by atoms with Gasteiger partial charge < -0.3 is 10.5 Å². The third kappa shape index (κ3) is 3.63. The van der Waals surface area contributed by atoms with Crippen molar-refractivity contribution >= 4 is 27.3 Å². The fraction of sp³-hybridized carbons (Fsp3) is 0.538. The van der Waals surface area contributed by atoms with Crippen LogP contribution in [0.3, 0.4) is 0 Å². The fourth-order valence-corrected chi connectivity index (χ4v) is 3.52. The molecule has 0 aliphatic carbocycles. The van der Waals surface area contributed by atoms with E-state index in [0.29, 0.717) is 35.3 Å². The van der Waals surface area contributed by atoms with Crippen LogP contribution < -0.4 is 10.5 Å². The summed E-state index contributed by atoms with van der Waals surface area (Å²) in [6.07, 6.45) is 1.76. The lowest BCUT2D eigenvalue weighted by Crippen LogP contribution is -2.26. The van der Waals surface area contributed by atoms with Crippen molar-refractivity contribution in [2.45, 2.75) is 24.7 Å². The van der Waals surface area contributed by atoms with Crippen molar-refractivity contribution in [1.29, 1.82) is 0 Å². The van der Waals surface area contributed by atoms with Gasteiger partial charge in [-0.1, -0.05) is 11.6 Å². The third-order valence-electron chi connectivity index (χ3n) is 3.54. The zero-order chi connectivity index (χ0) is 14.8. The van der Waals surface area contributed by atoms with Gasteiger partial charge in [0.1, 0.15) is 0 Å². The standard InChI is InChI=1S/C13H19ClN2O3S/c1-9-12(14)6-11(7-13(9)15)20(17,18)16-4-2-10-3-5-19-8-10/h6-7,10,16H,2-5,8,15H2,1H3. The normalized spacial score (nSPS) is 19.4. The molecule has 1 aliphatic rings. The Bertz CT molecular complexity index is 560. The van der Waals surface area contributed by atoms with E-state index < -0.39 is 10.0 Å². The van der Waals surface area contributed by atoms with Crippen LogP contribution in [0.1, 0.15) is 18.4 Å². The SMILES string of the molecule is Cc1c(N)cc(S(=O)(=O)NCCC2CCOC2)cc1Cl. The summed E-state index contributed by atoms with van der Waals surface area (Å²) in [5.74, 6) is 0.435. The molecule has 5 nitrogen and oxygen atoms in total. The maximum absolute atomic E-state index is 12.2. The minimum Gasteiger partial charge on any atom is -0.398 e. The van der Waals surface area contributed by atoms with Gasteiger partial charge in [0.05, 0.1) is 4.90 Å². The Morgan fingerprint density at radius 3 is 2.85 bits per heavy atom. The van der Waals surface area contributed by atoms with Crippen LogP contribution in [0.4, 0.5) is 5.69 Å². The summed E-state index contributed by atoms with van der Waals surface area (Å²) in [6.45, 7) is 3.62. The first-order valence-corrected chi connectivity index (χ1v) is 8.39. The predicted octanol–water partition coefficient (Wildman–Crippen LogP) is 1.94. The van der Waals surface area contributed by atoms with Gasteiger partial charge in [-0.3, -0.25) is 0 Å². The Labute approximate surface area is 124 Å². The van der Waals surface area contributed by atoms with Gasteiger partial charge >= 0.3 is 0 Å². The largest absolute Gasteiger partial charge is 0.398 e. The molecular formula is C13H19ClN2O3S. The molecule has 112 valence electrons. The Morgan fingerprint density at radius 2 is 2.25 bits per heavy atom. The number of hydrogen-bond acceptors (Lipinski definition) is 4. The Balaban J connectivity index is 2.02. The molecule has 0 amide bonds. The fourth-order valence-electron chi connectivity index (χ4n) is 2.12. The highest BCUT2D eigenvalue weighted by atomic mass is 35.5. The van der Waals surface area contributed by atoms with Crippen molar-refractivity contribution in [3.05, 3.63) is 22.7 Å². The number of hydrogen-bond donors (Lipinski definition) is 2. The maximum atomic E-state index is 12.2. The van der Waals surface area contributed by atoms with Crippen molar-refractivity contribution in [2.75, 3.05) is 25.5 Å². The second-order valence-corrected chi connectivity index (χ2v) is 7.21. The van der Waals surface area contributed by atoms with Crippen LogP contribution in [-0.4, -0.2) is 28.2 Å². The molecule has 1 fully saturated rings. The van der Waals surface area contributed by atoms with Crippen LogP contribution in [0.2, 0.25) is 5.02 Å². The molecule has 1 aromatic rings. The van der Waals surface area contributed by atoms with Crippen molar-refractivity contribution in [3.63, 3.8) is 0 Å². The second-order valence-electron chi connectivity index (χ2n) is 5.04. The molecule has 1 aliphatic heterocycles. The smallest absolute Gasteiger partial charge is 0.240 e. The highest BCUT2D eigenvalue weighted by Crippen LogP contribution is 2.26. The maximum Gasteiger partial charge on any atom is 0.240 e. The highest BCUT2D eigenvalue weighted by molar-refractivity contribution is 7.89. The molecule has 0 aromatic heterocycles. The minimum absolute atomic E-state index is 0.105. The first-order valence-electron chi connectivity index (χ1n) is 6.53. The van der Waals surface area contributed by atoms with Crippen LogP contribution in [0.15, 0.2) is 17.0 Å². The number of halogens is 1. The molecule has 1 atom stereocenters. The number of rotatable bonds is 5. The number of nitrogen functional groups attached to an aromatic ring is 1. The summed E-state index contributed by atoms with van der Waals surface area (Å²) < 4.78 is 32.2. The van der Waals surface area contributed by atoms with Crippen LogP contribution in [0, 0.1) is 12.8 Å². The van der Waals surface area contributed by atoms with Crippen molar-refractivity contribution in [2.24, 2.45) is 5.92 Å². The molecule has 1 aromatic carbocycles. The van der Waals surface area contributed by atoms with E-state index in [2.05, 4.69) is 4.72 Å². The van der Waals surface area contributed by atoms with Crippen LogP contribution in [0.25, 0.3) is 0 Å². The van der Waals surface area contributed by atoms with E-state index in [4.69, 9.17) is 22.1 Å². The summed E-state index contributed by atoms with van der Waals surface area (Å²) in [6, 6.07) is 2.86. The average molecular weight is 319 g/mol. The Hall–Kier alpha value is -0.820. The zero-order valence-electron chi connectivity index (χ0n) is 11.4. The predicted molar refractivity (Wildman–Crippen MR) is 79.3 cm³/mol. The van der Waals surface area contributed by atoms with E-state index >= 15 is 0 Å². The van der Waals surface area contributed by atoms with E-state index in [1.165, 1.54) is 12.1 Å². The van der Waals surface area contributed by atoms with Gasteiger partial charge in [0.15, 0.2) is 0 Å². The molecule has 3 N–H and O–H groups in total. The first-order chi connectivity index (χ1) is 9.40. The Kier molecular flexibility index (Phi) is 4.90. The molecule has 0 bridgehead atoms. The molecule has 0 radical (unpaired) electrons. The summed E-state index contributed by atoms with van der Waals surface area (Å²) in [4.78, 5) is 0.105. The van der Waals surface area contributed by atoms with E-state index in [-0.39, 0.29) is 4.90 Å². The van der Waals surface area contributed by atoms with Gasteiger partial charge in [-0.15, -0.1) is 0 Å². The first kappa shape index (κ1) is 15.6. The van der Waals surface area contributed by atoms with Crippen molar-refractivity contribution in [1.82, 2.24) is 4.72 Å². The van der Waals surface area contributed by atoms with E-state index in [0.717, 1.165) is 19.4 Å². The minimum atomic E-state index is -3.57. The van der Waals surface area contributed by atoms with Gasteiger partial charge in [0.2, 0.25) is 10.0 Å². The summed E-state index contributed by atoms with van der Waals surface area (Å²) >= 11 is 5.97. The van der Waals surface area contributed by atoms with Gasteiger partial charge in [-0.05, 0) is 43.4 Å². The van der Waals surface area contributed by atoms with Crippen molar-refractivity contribution < 1.29 is 13.2 Å². The number of nitrogens with one attached hydrogen (secondary N) is 1. The highest BCUT2D eigenvalue weighted by Gasteiger charge is 2.19. The van der Waals surface area contributed by atoms with Gasteiger partial charge in [0, 0.05) is 30.5 Å². The average Bonchev–Trinajstić information content (AvgIpc) is 2.88. The summed E-state index contributed by atoms with van der Waals surface area (Å²) in [5, 5.41) is 0.356. The Morgan fingerprint density at radius 1 is 1.50 bits per heavy atom. The molecule has 7 heteroatoms. The number of nitrogens with two attached hydrogens (primary N) is 1. The molecule has 1 heterocycles. The number of sulfonamides is 1. The van der Waals surface area contributed by atoms with E-state index in [1.54, 1.807) is 6.92 Å². The molecule has 2 rings (SSSR count). The molecular weight excluding hydrogens is 300 g/mol. The third-order valence-corrected chi connectivity index (χ3v) is 5.37. The van der Waals surface area contributed by atoms with Crippen molar-refractivity contribution in [3.8, 4) is 0 Å². The lowest BCUT2D eigenvalue weighted by molar-refractivity contribution is 0.184. The lowest BCUT2D eigenvalue weighted by atomic mass is 10.1. The quantitative estimate of drug-likeness (QED) is 0.813. The lowest BCUT2D eigenvalue weighted by Gasteiger charge is -2.11. The van der Waals surface area contributed by atoms with Gasteiger partial charge in [0.25, 0.3) is 0 Å². The number of benzene rings is 1. The monoisotopic (exact) mass is 318 g/mol. The summed E-state index contributed by atoms with van der Waals surface area (Å²) in [7, 11) is -3.57. The molecule has 1 saturated heterocycles. The number of ether oxygens (including phenoxy) is 1. The topological polar surface area (TPSA) is 81.4 Å². The van der Waals surface area contributed by atoms with Crippen LogP contribution in [-0.2, 0) is 14.8 Å². The molecule has 0 saturated carbocycles. The molecule has 20 heavy (non-hydrogen) atoms. The molecule has 1 unspecified atom stereocenters.